The molecule has 0 saturated carbocycles. The molecule has 0 aliphatic rings. The number of hydrogen-bond acceptors (Lipinski definition) is 4. The van der Waals surface area contributed by atoms with Crippen molar-refractivity contribution in [2.45, 2.75) is 6.92 Å². The summed E-state index contributed by atoms with van der Waals surface area (Å²) in [5, 5.41) is 0.526. The predicted octanol–water partition coefficient (Wildman–Crippen LogP) is 2.81. The third-order valence-corrected chi connectivity index (χ3v) is 2.29. The Morgan fingerprint density at radius 3 is 2.88 bits per heavy atom. The third kappa shape index (κ3) is 2.23. The maximum atomic E-state index is 6.02. The summed E-state index contributed by atoms with van der Waals surface area (Å²) in [5.41, 5.74) is 7.09. The Morgan fingerprint density at radius 1 is 1.38 bits per heavy atom. The van der Waals surface area contributed by atoms with Crippen LogP contribution in [0.2, 0.25) is 5.02 Å². The van der Waals surface area contributed by atoms with Gasteiger partial charge in [-0.05, 0) is 24.6 Å². The van der Waals surface area contributed by atoms with E-state index in [4.69, 9.17) is 22.1 Å². The Balaban J connectivity index is 2.31. The highest BCUT2D eigenvalue weighted by atomic mass is 35.5. The van der Waals surface area contributed by atoms with Crippen LogP contribution < -0.4 is 10.5 Å². The van der Waals surface area contributed by atoms with Crippen molar-refractivity contribution in [2.24, 2.45) is 0 Å². The first-order chi connectivity index (χ1) is 7.66. The third-order valence-electron chi connectivity index (χ3n) is 2.00. The summed E-state index contributed by atoms with van der Waals surface area (Å²) in [4.78, 5) is 7.69. The van der Waals surface area contributed by atoms with Gasteiger partial charge in [0, 0.05) is 0 Å². The van der Waals surface area contributed by atoms with Crippen LogP contribution in [0.1, 0.15) is 5.56 Å². The fourth-order valence-corrected chi connectivity index (χ4v) is 1.48. The molecule has 0 aliphatic carbocycles. The van der Waals surface area contributed by atoms with E-state index in [1.807, 2.05) is 19.1 Å². The van der Waals surface area contributed by atoms with Gasteiger partial charge in [0.15, 0.2) is 0 Å². The molecular weight excluding hydrogens is 226 g/mol. The number of aromatic nitrogens is 2. The van der Waals surface area contributed by atoms with Gasteiger partial charge >= 0.3 is 0 Å². The van der Waals surface area contributed by atoms with E-state index in [1.54, 1.807) is 6.07 Å². The van der Waals surface area contributed by atoms with Gasteiger partial charge in [-0.1, -0.05) is 17.7 Å². The molecule has 2 rings (SSSR count). The van der Waals surface area contributed by atoms with Gasteiger partial charge < -0.3 is 10.5 Å². The van der Waals surface area contributed by atoms with Crippen molar-refractivity contribution in [1.29, 1.82) is 0 Å². The fraction of sp³-hybridized carbons (Fsp3) is 0.0909. The number of nitrogen functional groups attached to an aromatic ring is 1. The van der Waals surface area contributed by atoms with Crippen molar-refractivity contribution < 1.29 is 4.74 Å². The normalized spacial score (nSPS) is 10.1. The Morgan fingerprint density at radius 2 is 2.19 bits per heavy atom. The number of nitrogens with zero attached hydrogens (tertiary/aromatic N) is 2. The fourth-order valence-electron chi connectivity index (χ4n) is 1.21. The van der Waals surface area contributed by atoms with E-state index in [2.05, 4.69) is 9.97 Å². The van der Waals surface area contributed by atoms with Crippen LogP contribution in [0.25, 0.3) is 0 Å². The van der Waals surface area contributed by atoms with Gasteiger partial charge in [0.25, 0.3) is 0 Å². The molecule has 5 heteroatoms. The van der Waals surface area contributed by atoms with E-state index in [-0.39, 0.29) is 0 Å². The molecule has 0 fully saturated rings. The molecule has 16 heavy (non-hydrogen) atoms. The smallest absolute Gasteiger partial charge is 0.245 e. The maximum absolute atomic E-state index is 6.02. The van der Waals surface area contributed by atoms with Crippen molar-refractivity contribution in [3.05, 3.63) is 41.3 Å². The molecule has 0 radical (unpaired) electrons. The molecule has 0 unspecified atom stereocenters. The van der Waals surface area contributed by atoms with Gasteiger partial charge in [-0.3, -0.25) is 0 Å². The number of anilines is 1. The molecular formula is C11H10ClN3O. The van der Waals surface area contributed by atoms with Crippen molar-refractivity contribution in [1.82, 2.24) is 9.97 Å². The van der Waals surface area contributed by atoms with E-state index in [9.17, 15) is 0 Å². The minimum absolute atomic E-state index is 0.306. The highest BCUT2D eigenvalue weighted by Crippen LogP contribution is 2.30. The monoisotopic (exact) mass is 235 g/mol. The first kappa shape index (κ1) is 10.7. The maximum Gasteiger partial charge on any atom is 0.245 e. The van der Waals surface area contributed by atoms with Crippen LogP contribution >= 0.6 is 11.6 Å². The number of hydrogen-bond donors (Lipinski definition) is 1. The van der Waals surface area contributed by atoms with Gasteiger partial charge in [-0.15, -0.1) is 0 Å². The Kier molecular flexibility index (Phi) is 2.92. The van der Waals surface area contributed by atoms with E-state index < -0.39 is 0 Å². The zero-order valence-electron chi connectivity index (χ0n) is 8.64. The zero-order chi connectivity index (χ0) is 11.5. The molecule has 4 nitrogen and oxygen atoms in total. The van der Waals surface area contributed by atoms with Gasteiger partial charge in [-0.2, -0.15) is 4.98 Å². The van der Waals surface area contributed by atoms with E-state index >= 15 is 0 Å². The van der Waals surface area contributed by atoms with Gasteiger partial charge in [0.1, 0.15) is 17.8 Å². The average Bonchev–Trinajstić information content (AvgIpc) is 2.25. The minimum atomic E-state index is 0.306. The van der Waals surface area contributed by atoms with Crippen LogP contribution in [0.5, 0.6) is 11.6 Å². The quantitative estimate of drug-likeness (QED) is 0.870. The molecule has 2 N–H and O–H groups in total. The topological polar surface area (TPSA) is 61.0 Å². The number of benzene rings is 1. The molecule has 0 bridgehead atoms. The van der Waals surface area contributed by atoms with Crippen LogP contribution in [0.3, 0.4) is 0 Å². The van der Waals surface area contributed by atoms with Crippen molar-refractivity contribution in [2.75, 3.05) is 5.73 Å². The number of ether oxygens (including phenoxy) is 1. The van der Waals surface area contributed by atoms with E-state index in [1.165, 1.54) is 12.5 Å². The van der Waals surface area contributed by atoms with E-state index in [0.717, 1.165) is 5.56 Å². The summed E-state index contributed by atoms with van der Waals surface area (Å²) < 4.78 is 5.49. The molecule has 1 heterocycles. The summed E-state index contributed by atoms with van der Waals surface area (Å²) in [7, 11) is 0. The van der Waals surface area contributed by atoms with Crippen LogP contribution in [0.15, 0.2) is 30.7 Å². The van der Waals surface area contributed by atoms with Crippen molar-refractivity contribution in [3.8, 4) is 11.6 Å². The molecule has 0 spiro atoms. The molecule has 0 aliphatic heterocycles. The number of halogens is 1. The lowest BCUT2D eigenvalue weighted by molar-refractivity contribution is 0.464. The lowest BCUT2D eigenvalue weighted by atomic mass is 10.2. The van der Waals surface area contributed by atoms with Crippen LogP contribution in [-0.2, 0) is 0 Å². The lowest BCUT2D eigenvalue weighted by Gasteiger charge is -2.08. The number of aryl methyl sites for hydroxylation is 1. The molecule has 1 aromatic carbocycles. The first-order valence-corrected chi connectivity index (χ1v) is 5.04. The zero-order valence-corrected chi connectivity index (χ0v) is 9.40. The standard InChI is InChI=1S/C11H10ClN3O/c1-7-2-3-10(8(12)4-7)16-11-9(13)5-14-6-15-11/h2-6H,13H2,1H3. The second kappa shape index (κ2) is 4.37. The van der Waals surface area contributed by atoms with Gasteiger partial charge in [0.05, 0.1) is 11.2 Å². The molecule has 0 atom stereocenters. The minimum Gasteiger partial charge on any atom is -0.435 e. The highest BCUT2D eigenvalue weighted by Gasteiger charge is 2.06. The molecule has 0 amide bonds. The van der Waals surface area contributed by atoms with Gasteiger partial charge in [-0.25, -0.2) is 4.98 Å². The average molecular weight is 236 g/mol. The van der Waals surface area contributed by atoms with Gasteiger partial charge in [0.2, 0.25) is 5.88 Å². The second-order valence-corrected chi connectivity index (χ2v) is 3.73. The summed E-state index contributed by atoms with van der Waals surface area (Å²) in [6, 6.07) is 5.49. The Bertz CT molecular complexity index is 516. The van der Waals surface area contributed by atoms with Crippen molar-refractivity contribution >= 4 is 17.3 Å². The van der Waals surface area contributed by atoms with Crippen LogP contribution in [-0.4, -0.2) is 9.97 Å². The predicted molar refractivity (Wildman–Crippen MR) is 62.7 cm³/mol. The summed E-state index contributed by atoms with van der Waals surface area (Å²) in [6.45, 7) is 1.95. The molecule has 1 aromatic heterocycles. The van der Waals surface area contributed by atoms with E-state index in [0.29, 0.717) is 22.3 Å². The first-order valence-electron chi connectivity index (χ1n) is 4.66. The largest absolute Gasteiger partial charge is 0.435 e. The second-order valence-electron chi connectivity index (χ2n) is 3.32. The van der Waals surface area contributed by atoms with Crippen LogP contribution in [0, 0.1) is 6.92 Å². The molecule has 0 saturated heterocycles. The lowest BCUT2D eigenvalue weighted by Crippen LogP contribution is -1.96. The SMILES string of the molecule is Cc1ccc(Oc2ncncc2N)c(Cl)c1. The van der Waals surface area contributed by atoms with Crippen LogP contribution in [0.4, 0.5) is 5.69 Å². The molecule has 2 aromatic rings. The van der Waals surface area contributed by atoms with Crippen molar-refractivity contribution in [3.63, 3.8) is 0 Å². The summed E-state index contributed by atoms with van der Waals surface area (Å²) in [6.07, 6.45) is 2.85. The Labute approximate surface area is 98.0 Å². The number of nitrogens with two attached hydrogens (primary N) is 1. The molecule has 82 valence electrons. The highest BCUT2D eigenvalue weighted by molar-refractivity contribution is 6.32. The number of rotatable bonds is 2. The summed E-state index contributed by atoms with van der Waals surface area (Å²) >= 11 is 6.02. The summed E-state index contributed by atoms with van der Waals surface area (Å²) in [5.74, 6) is 0.832. The Hall–Kier alpha value is -1.81.